The quantitative estimate of drug-likeness (QED) is 0.900. The van der Waals surface area contributed by atoms with Crippen LogP contribution in [-0.2, 0) is 17.9 Å². The van der Waals surface area contributed by atoms with Crippen LogP contribution in [0.25, 0.3) is 0 Å². The highest BCUT2D eigenvalue weighted by Gasteiger charge is 2.25. The fourth-order valence-electron chi connectivity index (χ4n) is 3.58. The van der Waals surface area contributed by atoms with Gasteiger partial charge in [-0.1, -0.05) is 48.5 Å². The topological polar surface area (TPSA) is 32.3 Å². The fourth-order valence-corrected chi connectivity index (χ4v) is 3.58. The van der Waals surface area contributed by atoms with Gasteiger partial charge in [0, 0.05) is 19.6 Å². The summed E-state index contributed by atoms with van der Waals surface area (Å²) in [6.07, 6.45) is 2.08. The molecule has 3 nitrogen and oxygen atoms in total. The first-order valence-corrected chi connectivity index (χ1v) is 9.22. The minimum atomic E-state index is 0.0989. The monoisotopic (exact) mass is 336 g/mol. The zero-order valence-electron chi connectivity index (χ0n) is 15.3. The predicted molar refractivity (Wildman–Crippen MR) is 102 cm³/mol. The van der Waals surface area contributed by atoms with Crippen molar-refractivity contribution in [2.45, 2.75) is 39.8 Å². The second-order valence-corrected chi connectivity index (χ2v) is 7.15. The Morgan fingerprint density at radius 1 is 1.04 bits per heavy atom. The number of nitrogens with one attached hydrogen (secondary N) is 1. The summed E-state index contributed by atoms with van der Waals surface area (Å²) in [5.41, 5.74) is 5.12. The minimum absolute atomic E-state index is 0.0989. The molecule has 1 aliphatic heterocycles. The molecule has 25 heavy (non-hydrogen) atoms. The van der Waals surface area contributed by atoms with Crippen molar-refractivity contribution in [1.82, 2.24) is 10.2 Å². The normalized spacial score (nSPS) is 18.1. The third-order valence-electron chi connectivity index (χ3n) is 5.25. The summed E-state index contributed by atoms with van der Waals surface area (Å²) in [7, 11) is 0. The molecule has 3 rings (SSSR count). The maximum Gasteiger partial charge on any atom is 0.224 e. The van der Waals surface area contributed by atoms with E-state index in [1.807, 2.05) is 12.1 Å². The first-order chi connectivity index (χ1) is 12.1. The molecule has 1 aliphatic rings. The Hall–Kier alpha value is -2.13. The van der Waals surface area contributed by atoms with Crippen LogP contribution < -0.4 is 5.32 Å². The second-order valence-electron chi connectivity index (χ2n) is 7.15. The third kappa shape index (κ3) is 4.70. The molecule has 3 heteroatoms. The number of amides is 1. The van der Waals surface area contributed by atoms with Crippen molar-refractivity contribution >= 4 is 5.91 Å². The molecule has 0 aliphatic carbocycles. The van der Waals surface area contributed by atoms with Gasteiger partial charge in [0.2, 0.25) is 5.91 Å². The van der Waals surface area contributed by atoms with Gasteiger partial charge in [0.15, 0.2) is 0 Å². The Morgan fingerprint density at radius 3 is 2.36 bits per heavy atom. The highest BCUT2D eigenvalue weighted by atomic mass is 16.1. The standard InChI is InChI=1S/C22H28N2O/c1-17-8-3-5-10-19(17)14-23-22(25)21-12-7-13-24(16-21)15-20-11-6-4-9-18(20)2/h3-6,8-11,21H,7,12-16H2,1-2H3,(H,23,25). The maximum absolute atomic E-state index is 12.6. The Morgan fingerprint density at radius 2 is 1.68 bits per heavy atom. The zero-order valence-corrected chi connectivity index (χ0v) is 15.3. The minimum Gasteiger partial charge on any atom is -0.352 e. The van der Waals surface area contributed by atoms with Crippen LogP contribution in [0, 0.1) is 19.8 Å². The number of rotatable bonds is 5. The fraction of sp³-hybridized carbons (Fsp3) is 0.409. The Bertz CT molecular complexity index is 725. The van der Waals surface area contributed by atoms with E-state index < -0.39 is 0 Å². The van der Waals surface area contributed by atoms with E-state index in [9.17, 15) is 4.79 Å². The van der Waals surface area contributed by atoms with E-state index in [2.05, 4.69) is 60.5 Å². The van der Waals surface area contributed by atoms with Crippen LogP contribution in [0.2, 0.25) is 0 Å². The summed E-state index contributed by atoms with van der Waals surface area (Å²) >= 11 is 0. The van der Waals surface area contributed by atoms with Gasteiger partial charge >= 0.3 is 0 Å². The summed E-state index contributed by atoms with van der Waals surface area (Å²) in [5.74, 6) is 0.291. The number of piperidine rings is 1. The van der Waals surface area contributed by atoms with Crippen molar-refractivity contribution in [1.29, 1.82) is 0 Å². The van der Waals surface area contributed by atoms with Gasteiger partial charge in [0.05, 0.1) is 5.92 Å². The smallest absolute Gasteiger partial charge is 0.224 e. The highest BCUT2D eigenvalue weighted by molar-refractivity contribution is 5.79. The van der Waals surface area contributed by atoms with E-state index in [0.717, 1.165) is 32.5 Å². The van der Waals surface area contributed by atoms with Gasteiger partial charge in [-0.25, -0.2) is 0 Å². The molecule has 1 N–H and O–H groups in total. The van der Waals surface area contributed by atoms with Crippen LogP contribution in [0.3, 0.4) is 0 Å². The summed E-state index contributed by atoms with van der Waals surface area (Å²) < 4.78 is 0. The molecule has 0 saturated carbocycles. The zero-order chi connectivity index (χ0) is 17.6. The average molecular weight is 336 g/mol. The van der Waals surface area contributed by atoms with Crippen molar-refractivity contribution in [2.75, 3.05) is 13.1 Å². The lowest BCUT2D eigenvalue weighted by molar-refractivity contribution is -0.126. The average Bonchev–Trinajstić information content (AvgIpc) is 2.63. The van der Waals surface area contributed by atoms with Gasteiger partial charge < -0.3 is 5.32 Å². The molecule has 0 bridgehead atoms. The van der Waals surface area contributed by atoms with Crippen LogP contribution in [0.5, 0.6) is 0 Å². The third-order valence-corrected chi connectivity index (χ3v) is 5.25. The van der Waals surface area contributed by atoms with E-state index in [4.69, 9.17) is 0 Å². The van der Waals surface area contributed by atoms with E-state index in [1.165, 1.54) is 22.3 Å². The maximum atomic E-state index is 12.6. The van der Waals surface area contributed by atoms with Gasteiger partial charge in [0.25, 0.3) is 0 Å². The van der Waals surface area contributed by atoms with E-state index in [-0.39, 0.29) is 11.8 Å². The molecule has 0 aromatic heterocycles. The van der Waals surface area contributed by atoms with Gasteiger partial charge in [-0.15, -0.1) is 0 Å². The molecule has 1 heterocycles. The molecule has 0 spiro atoms. The number of carbonyl (C=O) groups excluding carboxylic acids is 1. The molecule has 2 aromatic rings. The number of aryl methyl sites for hydroxylation is 2. The molecule has 1 fully saturated rings. The van der Waals surface area contributed by atoms with Crippen LogP contribution in [0.4, 0.5) is 0 Å². The van der Waals surface area contributed by atoms with E-state index in [1.54, 1.807) is 0 Å². The Labute approximate surface area is 151 Å². The van der Waals surface area contributed by atoms with Gasteiger partial charge in [-0.2, -0.15) is 0 Å². The van der Waals surface area contributed by atoms with Crippen molar-refractivity contribution in [3.8, 4) is 0 Å². The van der Waals surface area contributed by atoms with Crippen LogP contribution in [0.15, 0.2) is 48.5 Å². The van der Waals surface area contributed by atoms with Crippen LogP contribution in [0.1, 0.15) is 35.1 Å². The van der Waals surface area contributed by atoms with Crippen LogP contribution in [-0.4, -0.2) is 23.9 Å². The summed E-state index contributed by atoms with van der Waals surface area (Å²) in [5, 5.41) is 3.14. The van der Waals surface area contributed by atoms with Crippen molar-refractivity contribution < 1.29 is 4.79 Å². The molecule has 1 unspecified atom stereocenters. The number of carbonyl (C=O) groups is 1. The lowest BCUT2D eigenvalue weighted by Crippen LogP contribution is -2.42. The van der Waals surface area contributed by atoms with E-state index in [0.29, 0.717) is 6.54 Å². The Balaban J connectivity index is 1.55. The summed E-state index contributed by atoms with van der Waals surface area (Å²) in [4.78, 5) is 15.0. The molecule has 1 saturated heterocycles. The number of likely N-dealkylation sites (tertiary alicyclic amines) is 1. The van der Waals surface area contributed by atoms with Gasteiger partial charge in [-0.3, -0.25) is 9.69 Å². The largest absolute Gasteiger partial charge is 0.352 e. The summed E-state index contributed by atoms with van der Waals surface area (Å²) in [6, 6.07) is 16.8. The van der Waals surface area contributed by atoms with Gasteiger partial charge in [0.1, 0.15) is 0 Å². The molecular formula is C22H28N2O. The lowest BCUT2D eigenvalue weighted by Gasteiger charge is -2.32. The van der Waals surface area contributed by atoms with Crippen molar-refractivity contribution in [3.63, 3.8) is 0 Å². The molecule has 1 atom stereocenters. The van der Waals surface area contributed by atoms with E-state index >= 15 is 0 Å². The molecule has 1 amide bonds. The molecule has 2 aromatic carbocycles. The van der Waals surface area contributed by atoms with Crippen molar-refractivity contribution in [3.05, 3.63) is 70.8 Å². The molecular weight excluding hydrogens is 308 g/mol. The summed E-state index contributed by atoms with van der Waals surface area (Å²) in [6.45, 7) is 7.75. The number of benzene rings is 2. The van der Waals surface area contributed by atoms with Crippen LogP contribution >= 0.6 is 0 Å². The van der Waals surface area contributed by atoms with Gasteiger partial charge in [-0.05, 0) is 55.5 Å². The Kier molecular flexibility index (Phi) is 5.87. The number of nitrogens with zero attached hydrogens (tertiary/aromatic N) is 1. The predicted octanol–water partition coefficient (Wildman–Crippen LogP) is 3.83. The SMILES string of the molecule is Cc1ccccc1CNC(=O)C1CCCN(Cc2ccccc2C)C1. The number of hydrogen-bond acceptors (Lipinski definition) is 2. The second kappa shape index (κ2) is 8.30. The first kappa shape index (κ1) is 17.7. The lowest BCUT2D eigenvalue weighted by atomic mass is 9.96. The highest BCUT2D eigenvalue weighted by Crippen LogP contribution is 2.20. The molecule has 0 radical (unpaired) electrons. The number of hydrogen-bond donors (Lipinski definition) is 1. The molecule has 132 valence electrons. The first-order valence-electron chi connectivity index (χ1n) is 9.22. The van der Waals surface area contributed by atoms with Crippen molar-refractivity contribution in [2.24, 2.45) is 5.92 Å².